The molecule has 0 aromatic rings. The van der Waals surface area contributed by atoms with E-state index < -0.39 is 5.60 Å². The summed E-state index contributed by atoms with van der Waals surface area (Å²) in [6.07, 6.45) is 7.69. The summed E-state index contributed by atoms with van der Waals surface area (Å²) in [5.41, 5.74) is -0.321. The maximum atomic E-state index is 10.6. The topological polar surface area (TPSA) is 29.5 Å². The van der Waals surface area contributed by atoms with Crippen molar-refractivity contribution < 1.29 is 9.84 Å². The van der Waals surface area contributed by atoms with Crippen LogP contribution < -0.4 is 0 Å². The minimum atomic E-state index is -0.399. The highest BCUT2D eigenvalue weighted by Crippen LogP contribution is 2.61. The molecule has 0 unspecified atom stereocenters. The fourth-order valence-electron chi connectivity index (χ4n) is 3.41. The molecule has 2 aliphatic carbocycles. The summed E-state index contributed by atoms with van der Waals surface area (Å²) >= 11 is 0. The van der Waals surface area contributed by atoms with Crippen molar-refractivity contribution in [2.45, 2.75) is 70.0 Å². The van der Waals surface area contributed by atoms with E-state index in [0.717, 1.165) is 38.7 Å². The van der Waals surface area contributed by atoms with Crippen LogP contribution in [0.2, 0.25) is 0 Å². The van der Waals surface area contributed by atoms with Crippen molar-refractivity contribution in [2.75, 3.05) is 6.61 Å². The van der Waals surface area contributed by atoms with Gasteiger partial charge in [0.25, 0.3) is 0 Å². The summed E-state index contributed by atoms with van der Waals surface area (Å²) in [6, 6.07) is 0. The van der Waals surface area contributed by atoms with Crippen molar-refractivity contribution in [3.05, 3.63) is 0 Å². The first-order valence-corrected chi connectivity index (χ1v) is 6.53. The molecular weight excluding hydrogens is 188 g/mol. The molecule has 0 heterocycles. The van der Waals surface area contributed by atoms with Crippen LogP contribution in [0.3, 0.4) is 0 Å². The molecule has 3 atom stereocenters. The summed E-state index contributed by atoms with van der Waals surface area (Å²) in [5.74, 6) is 0.435. The first-order valence-electron chi connectivity index (χ1n) is 6.53. The number of aliphatic hydroxyl groups is 1. The number of rotatable bonds is 5. The fourth-order valence-corrected chi connectivity index (χ4v) is 3.41. The molecule has 0 spiro atoms. The normalized spacial score (nSPS) is 43.8. The van der Waals surface area contributed by atoms with Crippen LogP contribution in [0.1, 0.15) is 58.8 Å². The van der Waals surface area contributed by atoms with Crippen LogP contribution in [0.5, 0.6) is 0 Å². The molecule has 0 amide bonds. The second kappa shape index (κ2) is 4.06. The lowest BCUT2D eigenvalue weighted by atomic mass is 9.79. The van der Waals surface area contributed by atoms with Crippen molar-refractivity contribution in [3.63, 3.8) is 0 Å². The number of ether oxygens (including phenoxy) is 1. The Labute approximate surface area is 93.0 Å². The molecule has 2 fully saturated rings. The molecule has 2 aliphatic rings. The van der Waals surface area contributed by atoms with Crippen LogP contribution in [-0.4, -0.2) is 22.9 Å². The largest absolute Gasteiger partial charge is 0.389 e. The smallest absolute Gasteiger partial charge is 0.0743 e. The summed E-state index contributed by atoms with van der Waals surface area (Å²) in [6.45, 7) is 5.04. The highest BCUT2D eigenvalue weighted by Gasteiger charge is 2.65. The van der Waals surface area contributed by atoms with Crippen LogP contribution in [0.15, 0.2) is 0 Å². The molecule has 2 saturated carbocycles. The molecule has 2 rings (SSSR count). The van der Waals surface area contributed by atoms with Gasteiger partial charge in [-0.05, 0) is 39.0 Å². The second-order valence-corrected chi connectivity index (χ2v) is 5.32. The number of hydrogen-bond acceptors (Lipinski definition) is 2. The lowest BCUT2D eigenvalue weighted by molar-refractivity contribution is -0.0806. The molecule has 0 saturated heterocycles. The standard InChI is InChI=1S/C13H24O2/c1-3-5-7-12(14)8-6-9-13(15-4-2)10-11(12)13/h11,14H,3-10H2,1-2H3/t11-,12-,13+/m1/s1. The van der Waals surface area contributed by atoms with E-state index >= 15 is 0 Å². The lowest BCUT2D eigenvalue weighted by Crippen LogP contribution is -2.40. The van der Waals surface area contributed by atoms with Gasteiger partial charge in [-0.3, -0.25) is 0 Å². The minimum absolute atomic E-state index is 0.0789. The van der Waals surface area contributed by atoms with E-state index in [-0.39, 0.29) is 5.60 Å². The van der Waals surface area contributed by atoms with E-state index in [4.69, 9.17) is 4.74 Å². The van der Waals surface area contributed by atoms with Crippen molar-refractivity contribution in [3.8, 4) is 0 Å². The van der Waals surface area contributed by atoms with E-state index in [1.807, 2.05) is 0 Å². The molecule has 2 heteroatoms. The number of fused-ring (bicyclic) bond motifs is 1. The van der Waals surface area contributed by atoms with Gasteiger partial charge < -0.3 is 9.84 Å². The Bertz CT molecular complexity index is 225. The van der Waals surface area contributed by atoms with Crippen LogP contribution in [0.25, 0.3) is 0 Å². The average Bonchev–Trinajstić information content (AvgIpc) is 2.92. The van der Waals surface area contributed by atoms with Crippen molar-refractivity contribution >= 4 is 0 Å². The first-order chi connectivity index (χ1) is 7.17. The van der Waals surface area contributed by atoms with E-state index in [1.54, 1.807) is 0 Å². The van der Waals surface area contributed by atoms with Gasteiger partial charge in [-0.25, -0.2) is 0 Å². The van der Waals surface area contributed by atoms with Crippen LogP contribution in [-0.2, 0) is 4.74 Å². The SMILES string of the molecule is CCCC[C@@]1(O)CCC[C@]2(OCC)C[C@H]12. The van der Waals surface area contributed by atoms with Crippen molar-refractivity contribution in [2.24, 2.45) is 5.92 Å². The molecule has 0 bridgehead atoms. The average molecular weight is 212 g/mol. The second-order valence-electron chi connectivity index (χ2n) is 5.32. The van der Waals surface area contributed by atoms with Crippen LogP contribution >= 0.6 is 0 Å². The Morgan fingerprint density at radius 3 is 2.80 bits per heavy atom. The summed E-state index contributed by atoms with van der Waals surface area (Å²) < 4.78 is 5.86. The van der Waals surface area contributed by atoms with E-state index in [9.17, 15) is 5.11 Å². The lowest BCUT2D eigenvalue weighted by Gasteiger charge is -2.36. The maximum absolute atomic E-state index is 10.6. The third-order valence-corrected chi connectivity index (χ3v) is 4.28. The molecule has 0 aromatic heterocycles. The van der Waals surface area contributed by atoms with Gasteiger partial charge in [0.1, 0.15) is 0 Å². The Kier molecular flexibility index (Phi) is 3.09. The summed E-state index contributed by atoms with van der Waals surface area (Å²) in [5, 5.41) is 10.6. The van der Waals surface area contributed by atoms with Gasteiger partial charge in [0, 0.05) is 12.5 Å². The maximum Gasteiger partial charge on any atom is 0.0743 e. The Morgan fingerprint density at radius 2 is 2.13 bits per heavy atom. The first kappa shape index (κ1) is 11.4. The molecule has 15 heavy (non-hydrogen) atoms. The van der Waals surface area contributed by atoms with Gasteiger partial charge in [0.15, 0.2) is 0 Å². The molecule has 2 nitrogen and oxygen atoms in total. The molecular formula is C13H24O2. The van der Waals surface area contributed by atoms with Gasteiger partial charge in [-0.1, -0.05) is 19.8 Å². The minimum Gasteiger partial charge on any atom is -0.389 e. The molecule has 0 aromatic carbocycles. The van der Waals surface area contributed by atoms with Gasteiger partial charge >= 0.3 is 0 Å². The van der Waals surface area contributed by atoms with Crippen LogP contribution in [0, 0.1) is 5.92 Å². The Morgan fingerprint density at radius 1 is 1.33 bits per heavy atom. The molecule has 0 radical (unpaired) electrons. The predicted octanol–water partition coefficient (Wildman–Crippen LogP) is 2.89. The van der Waals surface area contributed by atoms with E-state index in [0.29, 0.717) is 5.92 Å². The molecule has 88 valence electrons. The predicted molar refractivity (Wildman–Crippen MR) is 60.8 cm³/mol. The zero-order valence-electron chi connectivity index (χ0n) is 10.1. The Hall–Kier alpha value is -0.0800. The fraction of sp³-hybridized carbons (Fsp3) is 1.00. The van der Waals surface area contributed by atoms with Crippen molar-refractivity contribution in [1.29, 1.82) is 0 Å². The Balaban J connectivity index is 1.97. The third-order valence-electron chi connectivity index (χ3n) is 4.28. The van der Waals surface area contributed by atoms with Gasteiger partial charge in [-0.15, -0.1) is 0 Å². The summed E-state index contributed by atoms with van der Waals surface area (Å²) in [4.78, 5) is 0. The van der Waals surface area contributed by atoms with E-state index in [2.05, 4.69) is 13.8 Å². The third kappa shape index (κ3) is 1.94. The van der Waals surface area contributed by atoms with Crippen LogP contribution in [0.4, 0.5) is 0 Å². The molecule has 0 aliphatic heterocycles. The number of hydrogen-bond donors (Lipinski definition) is 1. The monoisotopic (exact) mass is 212 g/mol. The van der Waals surface area contributed by atoms with Gasteiger partial charge in [0.05, 0.1) is 11.2 Å². The zero-order chi connectivity index (χ0) is 10.9. The van der Waals surface area contributed by atoms with Gasteiger partial charge in [-0.2, -0.15) is 0 Å². The summed E-state index contributed by atoms with van der Waals surface area (Å²) in [7, 11) is 0. The van der Waals surface area contributed by atoms with Crippen molar-refractivity contribution in [1.82, 2.24) is 0 Å². The highest BCUT2D eigenvalue weighted by atomic mass is 16.5. The quantitative estimate of drug-likeness (QED) is 0.759. The zero-order valence-corrected chi connectivity index (χ0v) is 10.1. The molecule has 1 N–H and O–H groups in total. The number of unbranched alkanes of at least 4 members (excludes halogenated alkanes) is 1. The van der Waals surface area contributed by atoms with Gasteiger partial charge in [0.2, 0.25) is 0 Å². The highest BCUT2D eigenvalue weighted by molar-refractivity contribution is 5.16. The van der Waals surface area contributed by atoms with E-state index in [1.165, 1.54) is 12.8 Å².